The van der Waals surface area contributed by atoms with Crippen molar-refractivity contribution in [3.05, 3.63) is 35.9 Å². The average Bonchev–Trinajstić information content (AvgIpc) is 2.35. The first-order chi connectivity index (χ1) is 5.88. The molecule has 1 heterocycles. The average molecular weight is 181 g/mol. The lowest BCUT2D eigenvalue weighted by atomic mass is 10.5. The Bertz CT molecular complexity index is 186. The third kappa shape index (κ3) is 2.58. The number of hydrogen-bond donors (Lipinski definition) is 0. The van der Waals surface area contributed by atoms with Gasteiger partial charge < -0.3 is 0 Å². The van der Waals surface area contributed by atoms with Crippen LogP contribution in [0.25, 0.3) is 0 Å². The van der Waals surface area contributed by atoms with Crippen LogP contribution in [0.3, 0.4) is 0 Å². The topological polar surface area (TPSA) is 3.24 Å². The van der Waals surface area contributed by atoms with Crippen LogP contribution >= 0.6 is 8.07 Å². The van der Waals surface area contributed by atoms with E-state index >= 15 is 0 Å². The van der Waals surface area contributed by atoms with Crippen LogP contribution in [0.1, 0.15) is 13.8 Å². The van der Waals surface area contributed by atoms with Gasteiger partial charge in [0.25, 0.3) is 0 Å². The third-order valence-corrected chi connectivity index (χ3v) is 4.04. The second-order valence-corrected chi connectivity index (χ2v) is 4.51. The molecule has 0 aromatic rings. The molecule has 0 saturated carbocycles. The van der Waals surface area contributed by atoms with Crippen LogP contribution in [-0.2, 0) is 0 Å². The van der Waals surface area contributed by atoms with Crippen LogP contribution in [0.5, 0.6) is 0 Å². The van der Waals surface area contributed by atoms with Crippen molar-refractivity contribution < 1.29 is 0 Å². The lowest BCUT2D eigenvalue weighted by molar-refractivity contribution is 0.514. The Kier molecular flexibility index (Phi) is 4.27. The van der Waals surface area contributed by atoms with Crippen molar-refractivity contribution in [2.24, 2.45) is 0 Å². The molecular weight excluding hydrogens is 165 g/mol. The highest BCUT2D eigenvalue weighted by Crippen LogP contribution is 2.43. The molecule has 2 heteroatoms. The van der Waals surface area contributed by atoms with Crippen molar-refractivity contribution >= 4 is 8.07 Å². The molecule has 0 aromatic heterocycles. The molecule has 0 spiro atoms. The second kappa shape index (κ2) is 5.29. The number of hydrogen-bond acceptors (Lipinski definition) is 1. The van der Waals surface area contributed by atoms with Gasteiger partial charge in [0.2, 0.25) is 0 Å². The summed E-state index contributed by atoms with van der Waals surface area (Å²) in [7, 11) is -0.152. The van der Waals surface area contributed by atoms with Crippen molar-refractivity contribution in [2.45, 2.75) is 13.8 Å². The first-order valence-corrected chi connectivity index (χ1v) is 5.86. The Balaban J connectivity index is 2.61. The first-order valence-electron chi connectivity index (χ1n) is 4.43. The quantitative estimate of drug-likeness (QED) is 0.604. The monoisotopic (exact) mass is 181 g/mol. The number of allylic oxidation sites excluding steroid dienone is 4. The first kappa shape index (κ1) is 9.70. The van der Waals surface area contributed by atoms with E-state index in [2.05, 4.69) is 54.5 Å². The summed E-state index contributed by atoms with van der Waals surface area (Å²) in [5.74, 6) is 4.59. The van der Waals surface area contributed by atoms with Gasteiger partial charge in [-0.2, -0.15) is 0 Å². The normalized spacial score (nSPS) is 17.2. The standard InChI is InChI=1S/C10H16NP/c1-3-11(4-2)12-9-7-5-6-8-10-12/h5-10H,3-4H2,1-2H3. The third-order valence-electron chi connectivity index (χ3n) is 1.87. The summed E-state index contributed by atoms with van der Waals surface area (Å²) in [6, 6.07) is 0. The van der Waals surface area contributed by atoms with Crippen molar-refractivity contribution in [3.8, 4) is 0 Å². The van der Waals surface area contributed by atoms with E-state index in [1.54, 1.807) is 0 Å². The van der Waals surface area contributed by atoms with E-state index < -0.39 is 0 Å². The predicted octanol–water partition coefficient (Wildman–Crippen LogP) is 3.32. The summed E-state index contributed by atoms with van der Waals surface area (Å²) in [4.78, 5) is 0. The Morgan fingerprint density at radius 1 is 0.917 bits per heavy atom. The second-order valence-electron chi connectivity index (χ2n) is 2.59. The van der Waals surface area contributed by atoms with E-state index in [9.17, 15) is 0 Å². The Morgan fingerprint density at radius 3 is 1.83 bits per heavy atom. The summed E-state index contributed by atoms with van der Waals surface area (Å²) < 4.78 is 2.48. The predicted molar refractivity (Wildman–Crippen MR) is 57.3 cm³/mol. The van der Waals surface area contributed by atoms with Crippen molar-refractivity contribution in [2.75, 3.05) is 13.1 Å². The fraction of sp³-hybridized carbons (Fsp3) is 0.400. The Labute approximate surface area is 76.3 Å². The van der Waals surface area contributed by atoms with E-state index in [4.69, 9.17) is 0 Å². The van der Waals surface area contributed by atoms with Gasteiger partial charge in [-0.15, -0.1) is 0 Å². The molecule has 0 aromatic carbocycles. The maximum Gasteiger partial charge on any atom is 0.0129 e. The van der Waals surface area contributed by atoms with Crippen LogP contribution in [0, 0.1) is 0 Å². The van der Waals surface area contributed by atoms with Crippen LogP contribution < -0.4 is 0 Å². The molecule has 0 atom stereocenters. The van der Waals surface area contributed by atoms with Crippen LogP contribution in [0.4, 0.5) is 0 Å². The summed E-state index contributed by atoms with van der Waals surface area (Å²) in [6.45, 7) is 6.70. The maximum atomic E-state index is 2.48. The smallest absolute Gasteiger partial charge is 0.0129 e. The SMILES string of the molecule is CCN(CC)P1C=CC=CC=C1. The zero-order chi connectivity index (χ0) is 8.81. The summed E-state index contributed by atoms with van der Waals surface area (Å²) >= 11 is 0. The van der Waals surface area contributed by atoms with Crippen LogP contribution in [0.15, 0.2) is 35.9 Å². The number of nitrogens with zero attached hydrogens (tertiary/aromatic N) is 1. The fourth-order valence-corrected chi connectivity index (χ4v) is 2.87. The van der Waals surface area contributed by atoms with Gasteiger partial charge in [-0.1, -0.05) is 38.2 Å². The molecule has 0 fully saturated rings. The minimum Gasteiger partial charge on any atom is -0.276 e. The van der Waals surface area contributed by atoms with E-state index in [1.165, 1.54) is 0 Å². The van der Waals surface area contributed by atoms with E-state index in [0.717, 1.165) is 13.1 Å². The van der Waals surface area contributed by atoms with E-state index in [1.807, 2.05) is 0 Å². The van der Waals surface area contributed by atoms with Crippen molar-refractivity contribution in [1.82, 2.24) is 4.67 Å². The molecule has 0 unspecified atom stereocenters. The van der Waals surface area contributed by atoms with Crippen molar-refractivity contribution in [3.63, 3.8) is 0 Å². The molecule has 0 N–H and O–H groups in total. The molecule has 0 bridgehead atoms. The van der Waals surface area contributed by atoms with Gasteiger partial charge in [-0.05, 0) is 24.7 Å². The van der Waals surface area contributed by atoms with Gasteiger partial charge in [0.15, 0.2) is 0 Å². The Morgan fingerprint density at radius 2 is 1.42 bits per heavy atom. The summed E-state index contributed by atoms with van der Waals surface area (Å²) in [5, 5.41) is 0. The van der Waals surface area contributed by atoms with Gasteiger partial charge in [0.05, 0.1) is 0 Å². The van der Waals surface area contributed by atoms with Gasteiger partial charge in [0.1, 0.15) is 0 Å². The highest BCUT2D eigenvalue weighted by molar-refractivity contribution is 7.61. The molecule has 66 valence electrons. The minimum absolute atomic E-state index is 0.152. The lowest BCUT2D eigenvalue weighted by Crippen LogP contribution is -2.14. The largest absolute Gasteiger partial charge is 0.276 e. The zero-order valence-corrected chi connectivity index (χ0v) is 8.67. The van der Waals surface area contributed by atoms with Crippen molar-refractivity contribution in [1.29, 1.82) is 0 Å². The van der Waals surface area contributed by atoms with Gasteiger partial charge in [-0.25, -0.2) is 0 Å². The van der Waals surface area contributed by atoms with Crippen LogP contribution in [0.2, 0.25) is 0 Å². The zero-order valence-electron chi connectivity index (χ0n) is 7.77. The molecule has 0 amide bonds. The molecule has 1 aliphatic heterocycles. The molecular formula is C10H16NP. The molecule has 0 aliphatic carbocycles. The summed E-state index contributed by atoms with van der Waals surface area (Å²) in [5.41, 5.74) is 0. The van der Waals surface area contributed by atoms with E-state index in [-0.39, 0.29) is 8.07 Å². The minimum atomic E-state index is -0.152. The van der Waals surface area contributed by atoms with Gasteiger partial charge >= 0.3 is 0 Å². The number of rotatable bonds is 3. The molecule has 1 aliphatic rings. The Hall–Kier alpha value is -0.390. The maximum absolute atomic E-state index is 2.48. The van der Waals surface area contributed by atoms with Gasteiger partial charge in [0, 0.05) is 8.07 Å². The molecule has 0 radical (unpaired) electrons. The van der Waals surface area contributed by atoms with Gasteiger partial charge in [-0.3, -0.25) is 4.67 Å². The van der Waals surface area contributed by atoms with E-state index in [0.29, 0.717) is 0 Å². The molecule has 0 saturated heterocycles. The molecule has 12 heavy (non-hydrogen) atoms. The highest BCUT2D eigenvalue weighted by Gasteiger charge is 2.07. The highest BCUT2D eigenvalue weighted by atomic mass is 31.1. The lowest BCUT2D eigenvalue weighted by Gasteiger charge is -2.23. The van der Waals surface area contributed by atoms with Crippen LogP contribution in [-0.4, -0.2) is 17.8 Å². The summed E-state index contributed by atoms with van der Waals surface area (Å²) in [6.07, 6.45) is 8.46. The molecule has 1 nitrogen and oxygen atoms in total. The molecule has 1 rings (SSSR count). The fourth-order valence-electron chi connectivity index (χ4n) is 1.19.